The molecule has 1 aliphatic heterocycles. The highest BCUT2D eigenvalue weighted by atomic mass is 35.5. The standard InChI is InChI=1S/C12H8ClF3O3/c1-5-2-7(13)3-6-4-8(11(17)18)10(12(14,15)16)19-9(5)6/h2-4,10H,1H3,(H,17,18)/t10-/m0/s1/i1D. The van der Waals surface area contributed by atoms with Crippen molar-refractivity contribution in [2.45, 2.75) is 19.2 Å². The summed E-state index contributed by atoms with van der Waals surface area (Å²) in [6.45, 7) is -0.330. The second kappa shape index (κ2) is 4.45. The van der Waals surface area contributed by atoms with E-state index in [0.717, 1.165) is 6.08 Å². The molecule has 3 nitrogen and oxygen atoms in total. The first kappa shape index (κ1) is 12.3. The number of rotatable bonds is 1. The molecule has 7 heteroatoms. The van der Waals surface area contributed by atoms with Gasteiger partial charge >= 0.3 is 12.1 Å². The van der Waals surface area contributed by atoms with Crippen LogP contribution in [0.4, 0.5) is 13.2 Å². The molecule has 102 valence electrons. The van der Waals surface area contributed by atoms with Gasteiger partial charge in [-0.15, -0.1) is 0 Å². The zero-order valence-corrected chi connectivity index (χ0v) is 10.0. The maximum absolute atomic E-state index is 12.9. The van der Waals surface area contributed by atoms with Gasteiger partial charge < -0.3 is 9.84 Å². The van der Waals surface area contributed by atoms with Gasteiger partial charge in [0.25, 0.3) is 0 Å². The number of aryl methyl sites for hydroxylation is 1. The number of carboxylic acid groups (broad SMARTS) is 1. The van der Waals surface area contributed by atoms with Crippen LogP contribution in [0.25, 0.3) is 6.08 Å². The molecule has 0 amide bonds. The molecule has 1 aliphatic rings. The normalized spacial score (nSPS) is 19.1. The fourth-order valence-corrected chi connectivity index (χ4v) is 2.01. The van der Waals surface area contributed by atoms with E-state index < -0.39 is 23.8 Å². The van der Waals surface area contributed by atoms with Crippen molar-refractivity contribution in [1.82, 2.24) is 0 Å². The lowest BCUT2D eigenvalue weighted by Crippen LogP contribution is -2.40. The van der Waals surface area contributed by atoms with Crippen molar-refractivity contribution in [2.75, 3.05) is 0 Å². The van der Waals surface area contributed by atoms with E-state index in [4.69, 9.17) is 22.8 Å². The lowest BCUT2D eigenvalue weighted by Gasteiger charge is -2.28. The highest BCUT2D eigenvalue weighted by Gasteiger charge is 2.48. The summed E-state index contributed by atoms with van der Waals surface area (Å²) in [5, 5.41) is 9.07. The molecule has 0 spiro atoms. The van der Waals surface area contributed by atoms with Crippen molar-refractivity contribution in [2.24, 2.45) is 0 Å². The minimum atomic E-state index is -4.86. The predicted octanol–water partition coefficient (Wildman–Crippen LogP) is 3.44. The quantitative estimate of drug-likeness (QED) is 0.863. The minimum Gasteiger partial charge on any atom is -0.478 e. The number of hydrogen-bond donors (Lipinski definition) is 1. The summed E-state index contributed by atoms with van der Waals surface area (Å²) in [5.41, 5.74) is -0.622. The second-order valence-electron chi connectivity index (χ2n) is 3.93. The Labute approximate surface area is 112 Å². The Morgan fingerprint density at radius 3 is 2.74 bits per heavy atom. The first-order valence-electron chi connectivity index (χ1n) is 5.74. The third-order valence-electron chi connectivity index (χ3n) is 2.53. The summed E-state index contributed by atoms with van der Waals surface area (Å²) < 4.78 is 50.7. The van der Waals surface area contributed by atoms with Crippen LogP contribution in [0.15, 0.2) is 17.7 Å². The minimum absolute atomic E-state index is 0.123. The van der Waals surface area contributed by atoms with Crippen molar-refractivity contribution in [3.63, 3.8) is 0 Å². The number of hydrogen-bond acceptors (Lipinski definition) is 2. The van der Waals surface area contributed by atoms with Crippen LogP contribution in [-0.4, -0.2) is 23.4 Å². The Hall–Kier alpha value is -1.69. The third-order valence-corrected chi connectivity index (χ3v) is 2.75. The Morgan fingerprint density at radius 1 is 1.53 bits per heavy atom. The first-order valence-corrected chi connectivity index (χ1v) is 5.41. The van der Waals surface area contributed by atoms with E-state index in [1.807, 2.05) is 0 Å². The number of ether oxygens (including phenoxy) is 1. The fourth-order valence-electron chi connectivity index (χ4n) is 1.77. The number of halogens is 4. The first-order chi connectivity index (χ1) is 9.24. The Morgan fingerprint density at radius 2 is 2.21 bits per heavy atom. The molecule has 2 rings (SSSR count). The molecule has 0 fully saturated rings. The van der Waals surface area contributed by atoms with Crippen LogP contribution in [0.3, 0.4) is 0 Å². The highest BCUT2D eigenvalue weighted by molar-refractivity contribution is 6.30. The molecule has 0 saturated heterocycles. The molecule has 19 heavy (non-hydrogen) atoms. The van der Waals surface area contributed by atoms with E-state index in [0.29, 0.717) is 0 Å². The van der Waals surface area contributed by atoms with Crippen LogP contribution in [0.5, 0.6) is 5.75 Å². The zero-order chi connectivity index (χ0) is 15.1. The largest absolute Gasteiger partial charge is 0.478 e. The van der Waals surface area contributed by atoms with Gasteiger partial charge in [0, 0.05) is 12.0 Å². The predicted molar refractivity (Wildman–Crippen MR) is 62.3 cm³/mol. The van der Waals surface area contributed by atoms with Gasteiger partial charge in [-0.05, 0) is 30.7 Å². The van der Waals surface area contributed by atoms with Gasteiger partial charge in [0.1, 0.15) is 5.75 Å². The number of carbonyl (C=O) groups is 1. The smallest absolute Gasteiger partial charge is 0.430 e. The highest BCUT2D eigenvalue weighted by Crippen LogP contribution is 2.40. The van der Waals surface area contributed by atoms with Gasteiger partial charge in [0.15, 0.2) is 0 Å². The average molecular weight is 294 g/mol. The molecule has 1 heterocycles. The number of alkyl halides is 3. The van der Waals surface area contributed by atoms with E-state index in [9.17, 15) is 18.0 Å². The van der Waals surface area contributed by atoms with Crippen LogP contribution < -0.4 is 4.74 Å². The van der Waals surface area contributed by atoms with E-state index in [1.54, 1.807) is 0 Å². The van der Waals surface area contributed by atoms with Gasteiger partial charge in [-0.1, -0.05) is 11.6 Å². The molecular formula is C12H8ClF3O3. The van der Waals surface area contributed by atoms with Gasteiger partial charge in [-0.3, -0.25) is 0 Å². The molecule has 1 N–H and O–H groups in total. The Bertz CT molecular complexity index is 598. The summed E-state index contributed by atoms with van der Waals surface area (Å²) in [6.07, 6.45) is -6.54. The lowest BCUT2D eigenvalue weighted by molar-refractivity contribution is -0.187. The SMILES string of the molecule is [2H]Cc1cc(Cl)cc2c1O[C@H](C(F)(F)F)C(C(=O)O)=C2. The second-order valence-corrected chi connectivity index (χ2v) is 4.36. The van der Waals surface area contributed by atoms with Crippen LogP contribution >= 0.6 is 11.6 Å². The van der Waals surface area contributed by atoms with Crippen molar-refractivity contribution >= 4 is 23.6 Å². The number of benzene rings is 1. The molecule has 0 aromatic heterocycles. The molecule has 1 atom stereocenters. The maximum Gasteiger partial charge on any atom is 0.430 e. The van der Waals surface area contributed by atoms with Crippen molar-refractivity contribution in [3.8, 4) is 5.75 Å². The molecule has 0 aliphatic carbocycles. The average Bonchev–Trinajstić information content (AvgIpc) is 2.34. The molecule has 1 aromatic rings. The lowest BCUT2D eigenvalue weighted by atomic mass is 9.99. The molecular weight excluding hydrogens is 285 g/mol. The van der Waals surface area contributed by atoms with Gasteiger partial charge in [0.05, 0.1) is 5.57 Å². The molecule has 0 bridgehead atoms. The molecule has 0 radical (unpaired) electrons. The van der Waals surface area contributed by atoms with Crippen LogP contribution in [0, 0.1) is 6.90 Å². The van der Waals surface area contributed by atoms with Crippen molar-refractivity contribution in [1.29, 1.82) is 0 Å². The Balaban J connectivity index is 2.62. The summed E-state index contributed by atoms with van der Waals surface area (Å²) in [7, 11) is 0. The fraction of sp³-hybridized carbons (Fsp3) is 0.250. The summed E-state index contributed by atoms with van der Waals surface area (Å²) in [5.74, 6) is -1.87. The number of carboxylic acids is 1. The molecule has 0 unspecified atom stereocenters. The third kappa shape index (κ3) is 2.53. The summed E-state index contributed by atoms with van der Waals surface area (Å²) >= 11 is 5.78. The monoisotopic (exact) mass is 293 g/mol. The van der Waals surface area contributed by atoms with Crippen LogP contribution in [0.1, 0.15) is 12.5 Å². The number of aliphatic carboxylic acids is 1. The Kier molecular flexibility index (Phi) is 2.89. The van der Waals surface area contributed by atoms with Crippen molar-refractivity contribution < 1.29 is 29.2 Å². The van der Waals surface area contributed by atoms with Gasteiger partial charge in [0.2, 0.25) is 6.10 Å². The molecule has 0 saturated carbocycles. The van der Waals surface area contributed by atoms with E-state index in [1.165, 1.54) is 12.1 Å². The van der Waals surface area contributed by atoms with E-state index in [-0.39, 0.29) is 28.8 Å². The van der Waals surface area contributed by atoms with E-state index >= 15 is 0 Å². The summed E-state index contributed by atoms with van der Waals surface area (Å²) in [6, 6.07) is 2.62. The van der Waals surface area contributed by atoms with Crippen LogP contribution in [0.2, 0.25) is 5.02 Å². The molecule has 1 aromatic carbocycles. The van der Waals surface area contributed by atoms with E-state index in [2.05, 4.69) is 0 Å². The van der Waals surface area contributed by atoms with Gasteiger partial charge in [-0.2, -0.15) is 13.2 Å². The topological polar surface area (TPSA) is 46.5 Å². The van der Waals surface area contributed by atoms with Crippen molar-refractivity contribution in [3.05, 3.63) is 33.9 Å². The zero-order valence-electron chi connectivity index (χ0n) is 10.3. The number of fused-ring (bicyclic) bond motifs is 1. The maximum atomic E-state index is 12.9. The van der Waals surface area contributed by atoms with Gasteiger partial charge in [-0.25, -0.2) is 4.79 Å². The summed E-state index contributed by atoms with van der Waals surface area (Å²) in [4.78, 5) is 10.9. The van der Waals surface area contributed by atoms with Crippen LogP contribution in [-0.2, 0) is 4.79 Å².